The molecular weight excluding hydrogens is 466 g/mol. The number of rotatable bonds is 5. The Kier molecular flexibility index (Phi) is 5.17. The van der Waals surface area contributed by atoms with Crippen molar-refractivity contribution in [3.63, 3.8) is 0 Å². The van der Waals surface area contributed by atoms with Crippen LogP contribution in [-0.4, -0.2) is 64.9 Å². The molecule has 0 radical (unpaired) electrons. The van der Waals surface area contributed by atoms with Gasteiger partial charge in [0.2, 0.25) is 5.95 Å². The first kappa shape index (κ1) is 21.5. The summed E-state index contributed by atoms with van der Waals surface area (Å²) in [6.07, 6.45) is 1.59. The van der Waals surface area contributed by atoms with Gasteiger partial charge in [-0.1, -0.05) is 11.6 Å². The van der Waals surface area contributed by atoms with Gasteiger partial charge in [-0.05, 0) is 6.07 Å². The Labute approximate surface area is 196 Å². The molecule has 5 heterocycles. The SMILES string of the molecule is CN1CCn2nc(Nc3nc4ncc(Oc5ccnc(NC(=O)O)c5)c(Cl)c4n3C)cc2C1=O. The Bertz CT molecular complexity index is 1450. The number of ether oxygens (including phenoxy) is 1. The molecule has 0 aromatic carbocycles. The van der Waals surface area contributed by atoms with Crippen molar-refractivity contribution in [2.75, 3.05) is 24.2 Å². The molecule has 14 heteroatoms. The molecule has 2 amide bonds. The molecule has 0 unspecified atom stereocenters. The van der Waals surface area contributed by atoms with Crippen LogP contribution in [0.2, 0.25) is 5.02 Å². The molecule has 4 aromatic rings. The van der Waals surface area contributed by atoms with E-state index in [1.807, 2.05) is 0 Å². The molecule has 0 bridgehead atoms. The van der Waals surface area contributed by atoms with Crippen LogP contribution in [0.3, 0.4) is 0 Å². The predicted octanol–water partition coefficient (Wildman–Crippen LogP) is 2.92. The fourth-order valence-corrected chi connectivity index (χ4v) is 3.85. The molecule has 0 spiro atoms. The summed E-state index contributed by atoms with van der Waals surface area (Å²) >= 11 is 6.61. The second-order valence-electron chi connectivity index (χ2n) is 7.50. The molecule has 1 aliphatic heterocycles. The normalized spacial score (nSPS) is 13.1. The second kappa shape index (κ2) is 8.19. The van der Waals surface area contributed by atoms with Gasteiger partial charge in [0, 0.05) is 39.0 Å². The van der Waals surface area contributed by atoms with Crippen LogP contribution >= 0.6 is 11.6 Å². The smallest absolute Gasteiger partial charge is 0.410 e. The second-order valence-corrected chi connectivity index (χ2v) is 7.88. The largest absolute Gasteiger partial charge is 0.465 e. The molecule has 0 saturated carbocycles. The van der Waals surface area contributed by atoms with Gasteiger partial charge in [0.15, 0.2) is 17.2 Å². The summed E-state index contributed by atoms with van der Waals surface area (Å²) in [5.41, 5.74) is 1.39. The lowest BCUT2D eigenvalue weighted by Gasteiger charge is -2.22. The highest BCUT2D eigenvalue weighted by Crippen LogP contribution is 2.36. The minimum atomic E-state index is -1.24. The predicted molar refractivity (Wildman–Crippen MR) is 122 cm³/mol. The zero-order chi connectivity index (χ0) is 24.0. The maximum atomic E-state index is 12.3. The van der Waals surface area contributed by atoms with E-state index in [4.69, 9.17) is 21.4 Å². The average Bonchev–Trinajstić information content (AvgIpc) is 3.34. The minimum Gasteiger partial charge on any atom is -0.465 e. The number of carboxylic acid groups (broad SMARTS) is 1. The van der Waals surface area contributed by atoms with Gasteiger partial charge >= 0.3 is 6.09 Å². The van der Waals surface area contributed by atoms with Crippen LogP contribution in [0.5, 0.6) is 11.5 Å². The van der Waals surface area contributed by atoms with Crippen LogP contribution in [0.15, 0.2) is 30.6 Å². The fourth-order valence-electron chi connectivity index (χ4n) is 3.55. The number of hydrogen-bond acceptors (Lipinski definition) is 8. The molecule has 0 aliphatic carbocycles. The van der Waals surface area contributed by atoms with E-state index >= 15 is 0 Å². The zero-order valence-electron chi connectivity index (χ0n) is 18.0. The maximum Gasteiger partial charge on any atom is 0.410 e. The maximum absolute atomic E-state index is 12.3. The summed E-state index contributed by atoms with van der Waals surface area (Å²) in [6.45, 7) is 1.20. The van der Waals surface area contributed by atoms with Crippen LogP contribution in [0.4, 0.5) is 22.4 Å². The van der Waals surface area contributed by atoms with E-state index in [1.54, 1.807) is 40.4 Å². The summed E-state index contributed by atoms with van der Waals surface area (Å²) in [7, 11) is 3.51. The number of aryl methyl sites for hydroxylation is 1. The number of fused-ring (bicyclic) bond motifs is 2. The molecule has 1 aliphatic rings. The van der Waals surface area contributed by atoms with Crippen molar-refractivity contribution in [2.24, 2.45) is 7.05 Å². The summed E-state index contributed by atoms with van der Waals surface area (Å²) in [5, 5.41) is 18.8. The number of nitrogens with zero attached hydrogens (tertiary/aromatic N) is 7. The quantitative estimate of drug-likeness (QED) is 0.389. The molecule has 5 rings (SSSR count). The standard InChI is InChI=1S/C20H18ClN9O4/c1-28-5-6-30-11(18(28)31)8-14(27-30)24-19-26-17-16(29(19)2)15(21)12(9-23-17)34-10-3-4-22-13(7-10)25-20(32)33/h3-4,7-9H,5-6H2,1-2H3,(H,22,25)(H,32,33)(H,23,24,26,27). The van der Waals surface area contributed by atoms with Gasteiger partial charge in [-0.3, -0.25) is 14.8 Å². The van der Waals surface area contributed by atoms with E-state index in [9.17, 15) is 9.59 Å². The molecule has 34 heavy (non-hydrogen) atoms. The van der Waals surface area contributed by atoms with Gasteiger partial charge in [0.05, 0.1) is 12.7 Å². The monoisotopic (exact) mass is 483 g/mol. The topological polar surface area (TPSA) is 152 Å². The lowest BCUT2D eigenvalue weighted by Crippen LogP contribution is -2.37. The average molecular weight is 484 g/mol. The van der Waals surface area contributed by atoms with Crippen molar-refractivity contribution in [1.29, 1.82) is 0 Å². The van der Waals surface area contributed by atoms with E-state index in [2.05, 4.69) is 30.7 Å². The van der Waals surface area contributed by atoms with Gasteiger partial charge in [-0.25, -0.2) is 14.8 Å². The molecule has 13 nitrogen and oxygen atoms in total. The van der Waals surface area contributed by atoms with Crippen molar-refractivity contribution in [2.45, 2.75) is 6.54 Å². The van der Waals surface area contributed by atoms with Gasteiger partial charge in [-0.2, -0.15) is 10.1 Å². The summed E-state index contributed by atoms with van der Waals surface area (Å²) in [5.74, 6) is 1.48. The van der Waals surface area contributed by atoms with Crippen LogP contribution in [0.1, 0.15) is 10.5 Å². The number of anilines is 3. The van der Waals surface area contributed by atoms with E-state index in [1.165, 1.54) is 18.5 Å². The molecule has 0 fully saturated rings. The number of imidazole rings is 1. The number of pyridine rings is 2. The lowest BCUT2D eigenvalue weighted by atomic mass is 10.3. The molecule has 3 N–H and O–H groups in total. The van der Waals surface area contributed by atoms with Crippen molar-refractivity contribution < 1.29 is 19.4 Å². The molecule has 174 valence electrons. The molecule has 0 atom stereocenters. The highest BCUT2D eigenvalue weighted by molar-refractivity contribution is 6.36. The van der Waals surface area contributed by atoms with E-state index < -0.39 is 6.09 Å². The number of aromatic nitrogens is 6. The van der Waals surface area contributed by atoms with E-state index in [0.29, 0.717) is 47.5 Å². The Morgan fingerprint density at radius 3 is 2.82 bits per heavy atom. The highest BCUT2D eigenvalue weighted by Gasteiger charge is 2.24. The number of halogens is 1. The number of likely N-dealkylation sites (N-methyl/N-ethyl adjacent to an activating group) is 1. The van der Waals surface area contributed by atoms with Crippen LogP contribution in [0.25, 0.3) is 11.2 Å². The van der Waals surface area contributed by atoms with E-state index in [-0.39, 0.29) is 22.5 Å². The number of carbonyl (C=O) groups excluding carboxylic acids is 1. The minimum absolute atomic E-state index is 0.0962. The van der Waals surface area contributed by atoms with Crippen LogP contribution in [-0.2, 0) is 13.6 Å². The summed E-state index contributed by atoms with van der Waals surface area (Å²) in [6, 6.07) is 4.65. The first-order valence-corrected chi connectivity index (χ1v) is 10.4. The summed E-state index contributed by atoms with van der Waals surface area (Å²) in [4.78, 5) is 37.5. The van der Waals surface area contributed by atoms with Crippen LogP contribution < -0.4 is 15.4 Å². The number of carbonyl (C=O) groups is 2. The fraction of sp³-hybridized carbons (Fsp3) is 0.200. The number of nitrogens with one attached hydrogen (secondary N) is 2. The first-order chi connectivity index (χ1) is 16.3. The third kappa shape index (κ3) is 3.81. The van der Waals surface area contributed by atoms with Crippen molar-refractivity contribution in [1.82, 2.24) is 34.2 Å². The van der Waals surface area contributed by atoms with Gasteiger partial charge < -0.3 is 24.6 Å². The van der Waals surface area contributed by atoms with Gasteiger partial charge in [0.25, 0.3) is 5.91 Å². The molecule has 0 saturated heterocycles. The lowest BCUT2D eigenvalue weighted by molar-refractivity contribution is 0.0743. The Morgan fingerprint density at radius 1 is 1.21 bits per heavy atom. The third-order valence-electron chi connectivity index (χ3n) is 5.23. The molecule has 4 aromatic heterocycles. The van der Waals surface area contributed by atoms with Crippen LogP contribution in [0, 0.1) is 0 Å². The number of amides is 2. The van der Waals surface area contributed by atoms with Crippen molar-refractivity contribution in [3.05, 3.63) is 41.3 Å². The Morgan fingerprint density at radius 2 is 2.03 bits per heavy atom. The van der Waals surface area contributed by atoms with Crippen molar-refractivity contribution >= 4 is 52.3 Å². The third-order valence-corrected chi connectivity index (χ3v) is 5.60. The Balaban J connectivity index is 1.43. The Hall–Kier alpha value is -4.39. The van der Waals surface area contributed by atoms with Crippen molar-refractivity contribution in [3.8, 4) is 11.5 Å². The zero-order valence-corrected chi connectivity index (χ0v) is 18.7. The summed E-state index contributed by atoms with van der Waals surface area (Å²) < 4.78 is 9.17. The van der Waals surface area contributed by atoms with E-state index in [0.717, 1.165) is 0 Å². The van der Waals surface area contributed by atoms with Gasteiger partial charge in [0.1, 0.15) is 27.8 Å². The van der Waals surface area contributed by atoms with Gasteiger partial charge in [-0.15, -0.1) is 0 Å². The molecular formula is C20H18ClN9O4. The first-order valence-electron chi connectivity index (χ1n) is 10.1. The highest BCUT2D eigenvalue weighted by atomic mass is 35.5. The number of hydrogen-bond donors (Lipinski definition) is 3.